The van der Waals surface area contributed by atoms with Gasteiger partial charge >= 0.3 is 0 Å². The fourth-order valence-electron chi connectivity index (χ4n) is 2.21. The molecule has 2 aromatic carbocycles. The van der Waals surface area contributed by atoms with Crippen molar-refractivity contribution in [3.8, 4) is 11.3 Å². The van der Waals surface area contributed by atoms with Crippen LogP contribution in [0.4, 0.5) is 0 Å². The summed E-state index contributed by atoms with van der Waals surface area (Å²) in [7, 11) is 0. The molecule has 3 aromatic rings. The monoisotopic (exact) mass is 311 g/mol. The molecule has 0 aliphatic rings. The van der Waals surface area contributed by atoms with Crippen molar-refractivity contribution in [1.29, 1.82) is 0 Å². The first kappa shape index (κ1) is 12.2. The van der Waals surface area contributed by atoms with Crippen molar-refractivity contribution < 1.29 is 0 Å². The van der Waals surface area contributed by atoms with Gasteiger partial charge in [0, 0.05) is 22.9 Å². The smallest absolute Gasteiger partial charge is 0.0483 e. The van der Waals surface area contributed by atoms with Crippen LogP contribution in [0.15, 0.2) is 77.4 Å². The number of hydrogen-bond donors (Lipinski definition) is 0. The fourth-order valence-corrected chi connectivity index (χ4v) is 2.48. The molecule has 0 aliphatic carbocycles. The van der Waals surface area contributed by atoms with Gasteiger partial charge in [-0.1, -0.05) is 58.4 Å². The Kier molecular flexibility index (Phi) is 3.51. The molecule has 1 heterocycles. The van der Waals surface area contributed by atoms with E-state index in [0.29, 0.717) is 0 Å². The summed E-state index contributed by atoms with van der Waals surface area (Å²) < 4.78 is 3.39. The quantitative estimate of drug-likeness (QED) is 0.644. The molecule has 0 saturated heterocycles. The van der Waals surface area contributed by atoms with E-state index >= 15 is 0 Å². The zero-order valence-corrected chi connectivity index (χ0v) is 12.0. The SMILES string of the molecule is Brc1ccc(-c2cccn2Cc2ccccc2)cc1. The number of aromatic nitrogens is 1. The summed E-state index contributed by atoms with van der Waals surface area (Å²) in [5, 5.41) is 0. The fraction of sp³-hybridized carbons (Fsp3) is 0.0588. The zero-order valence-electron chi connectivity index (χ0n) is 10.5. The second-order valence-electron chi connectivity index (χ2n) is 4.51. The van der Waals surface area contributed by atoms with Crippen molar-refractivity contribution in [3.63, 3.8) is 0 Å². The van der Waals surface area contributed by atoms with Gasteiger partial charge < -0.3 is 4.57 Å². The first-order chi connectivity index (χ1) is 9.33. The van der Waals surface area contributed by atoms with Crippen LogP contribution in [0.5, 0.6) is 0 Å². The van der Waals surface area contributed by atoms with Crippen molar-refractivity contribution >= 4 is 15.9 Å². The molecule has 0 saturated carbocycles. The lowest BCUT2D eigenvalue weighted by atomic mass is 10.1. The van der Waals surface area contributed by atoms with Gasteiger partial charge in [0.05, 0.1) is 0 Å². The van der Waals surface area contributed by atoms with Crippen LogP contribution in [0.3, 0.4) is 0 Å². The molecular formula is C17H14BrN. The van der Waals surface area contributed by atoms with Crippen LogP contribution in [0.25, 0.3) is 11.3 Å². The maximum absolute atomic E-state index is 3.47. The van der Waals surface area contributed by atoms with Crippen LogP contribution in [-0.2, 0) is 6.54 Å². The molecule has 19 heavy (non-hydrogen) atoms. The summed E-state index contributed by atoms with van der Waals surface area (Å²) in [6.07, 6.45) is 2.13. The molecule has 0 spiro atoms. The third-order valence-electron chi connectivity index (χ3n) is 3.17. The van der Waals surface area contributed by atoms with E-state index < -0.39 is 0 Å². The Balaban J connectivity index is 1.92. The Hall–Kier alpha value is -1.80. The van der Waals surface area contributed by atoms with Crippen molar-refractivity contribution in [2.24, 2.45) is 0 Å². The molecule has 0 aliphatic heterocycles. The predicted molar refractivity (Wildman–Crippen MR) is 83.1 cm³/mol. The Morgan fingerprint density at radius 2 is 1.53 bits per heavy atom. The van der Waals surface area contributed by atoms with E-state index in [1.165, 1.54) is 16.8 Å². The van der Waals surface area contributed by atoms with E-state index in [1.54, 1.807) is 0 Å². The Bertz CT molecular complexity index is 653. The van der Waals surface area contributed by atoms with Gasteiger partial charge in [0.15, 0.2) is 0 Å². The standard InChI is InChI=1S/C17H14BrN/c18-16-10-8-15(9-11-16)17-7-4-12-19(17)13-14-5-2-1-3-6-14/h1-12H,13H2. The van der Waals surface area contributed by atoms with E-state index in [1.807, 2.05) is 0 Å². The molecule has 94 valence electrons. The molecule has 0 unspecified atom stereocenters. The highest BCUT2D eigenvalue weighted by atomic mass is 79.9. The van der Waals surface area contributed by atoms with Crippen LogP contribution in [-0.4, -0.2) is 4.57 Å². The minimum atomic E-state index is 0.902. The summed E-state index contributed by atoms with van der Waals surface area (Å²) >= 11 is 3.47. The van der Waals surface area contributed by atoms with Gasteiger partial charge in [-0.2, -0.15) is 0 Å². The van der Waals surface area contributed by atoms with E-state index in [0.717, 1.165) is 11.0 Å². The van der Waals surface area contributed by atoms with Crippen LogP contribution in [0, 0.1) is 0 Å². The van der Waals surface area contributed by atoms with Gasteiger partial charge in [-0.3, -0.25) is 0 Å². The molecule has 0 N–H and O–H groups in total. The molecule has 2 heteroatoms. The molecule has 1 nitrogen and oxygen atoms in total. The van der Waals surface area contributed by atoms with Gasteiger partial charge in [0.2, 0.25) is 0 Å². The maximum atomic E-state index is 3.47. The minimum Gasteiger partial charge on any atom is -0.343 e. The minimum absolute atomic E-state index is 0.902. The summed E-state index contributed by atoms with van der Waals surface area (Å²) in [6.45, 7) is 0.902. The zero-order chi connectivity index (χ0) is 13.1. The van der Waals surface area contributed by atoms with E-state index in [4.69, 9.17) is 0 Å². The summed E-state index contributed by atoms with van der Waals surface area (Å²) in [5.41, 5.74) is 3.80. The Morgan fingerprint density at radius 3 is 2.26 bits per heavy atom. The molecule has 0 fully saturated rings. The summed E-state index contributed by atoms with van der Waals surface area (Å²) in [4.78, 5) is 0. The van der Waals surface area contributed by atoms with Crippen molar-refractivity contribution in [3.05, 3.63) is 83.0 Å². The number of benzene rings is 2. The molecule has 0 radical (unpaired) electrons. The molecule has 0 atom stereocenters. The highest BCUT2D eigenvalue weighted by Crippen LogP contribution is 2.23. The van der Waals surface area contributed by atoms with Crippen LogP contribution >= 0.6 is 15.9 Å². The third-order valence-corrected chi connectivity index (χ3v) is 3.69. The topological polar surface area (TPSA) is 4.93 Å². The predicted octanol–water partition coefficient (Wildman–Crippen LogP) is 4.97. The highest BCUT2D eigenvalue weighted by Gasteiger charge is 2.04. The highest BCUT2D eigenvalue weighted by molar-refractivity contribution is 9.10. The third kappa shape index (κ3) is 2.79. The van der Waals surface area contributed by atoms with Gasteiger partial charge in [-0.15, -0.1) is 0 Å². The summed E-state index contributed by atoms with van der Waals surface area (Å²) in [6, 6.07) is 23.2. The average Bonchev–Trinajstić information content (AvgIpc) is 2.89. The Morgan fingerprint density at radius 1 is 0.789 bits per heavy atom. The van der Waals surface area contributed by atoms with Crippen molar-refractivity contribution in [2.75, 3.05) is 0 Å². The first-order valence-electron chi connectivity index (χ1n) is 6.28. The lowest BCUT2D eigenvalue weighted by Crippen LogP contribution is -1.99. The van der Waals surface area contributed by atoms with Crippen molar-refractivity contribution in [1.82, 2.24) is 4.57 Å². The lowest BCUT2D eigenvalue weighted by Gasteiger charge is -2.09. The van der Waals surface area contributed by atoms with Gasteiger partial charge in [-0.05, 0) is 35.4 Å². The second-order valence-corrected chi connectivity index (χ2v) is 5.43. The number of hydrogen-bond acceptors (Lipinski definition) is 0. The molecule has 1 aromatic heterocycles. The maximum Gasteiger partial charge on any atom is 0.0483 e. The van der Waals surface area contributed by atoms with E-state index in [9.17, 15) is 0 Å². The number of halogens is 1. The van der Waals surface area contributed by atoms with Gasteiger partial charge in [0.25, 0.3) is 0 Å². The molecule has 3 rings (SSSR count). The Labute approximate surface area is 121 Å². The normalized spacial score (nSPS) is 10.6. The number of rotatable bonds is 3. The lowest BCUT2D eigenvalue weighted by molar-refractivity contribution is 0.814. The second kappa shape index (κ2) is 5.45. The van der Waals surface area contributed by atoms with Crippen LogP contribution < -0.4 is 0 Å². The van der Waals surface area contributed by atoms with Crippen molar-refractivity contribution in [2.45, 2.75) is 6.54 Å². The average molecular weight is 312 g/mol. The van der Waals surface area contributed by atoms with Crippen LogP contribution in [0.1, 0.15) is 5.56 Å². The molecule has 0 amide bonds. The largest absolute Gasteiger partial charge is 0.343 e. The first-order valence-corrected chi connectivity index (χ1v) is 7.07. The van der Waals surface area contributed by atoms with Crippen LogP contribution in [0.2, 0.25) is 0 Å². The number of nitrogens with zero attached hydrogens (tertiary/aromatic N) is 1. The van der Waals surface area contributed by atoms with E-state index in [2.05, 4.69) is 93.4 Å². The molecular weight excluding hydrogens is 298 g/mol. The van der Waals surface area contributed by atoms with E-state index in [-0.39, 0.29) is 0 Å². The van der Waals surface area contributed by atoms with Gasteiger partial charge in [-0.25, -0.2) is 0 Å². The van der Waals surface area contributed by atoms with Gasteiger partial charge in [0.1, 0.15) is 0 Å². The summed E-state index contributed by atoms with van der Waals surface area (Å²) in [5.74, 6) is 0. The molecule has 0 bridgehead atoms.